The standard InChI is InChI=1S/C17H18FN3O5/c1-3-20(9-12-5-4-6-13(18)7-12)16(22)11-26-17(23)15-8-14(21(24)25)10-19(15)2/h4-8,10H,3,9,11H2,1-2H3. The van der Waals surface area contributed by atoms with Crippen LogP contribution in [0.3, 0.4) is 0 Å². The first-order valence-corrected chi connectivity index (χ1v) is 7.82. The Morgan fingerprint density at radius 3 is 2.65 bits per heavy atom. The van der Waals surface area contributed by atoms with E-state index in [0.717, 1.165) is 6.07 Å². The normalized spacial score (nSPS) is 10.4. The summed E-state index contributed by atoms with van der Waals surface area (Å²) in [4.78, 5) is 35.8. The SMILES string of the molecule is CCN(Cc1cccc(F)c1)C(=O)COC(=O)c1cc([N+](=O)[O-])cn1C. The van der Waals surface area contributed by atoms with E-state index >= 15 is 0 Å². The average Bonchev–Trinajstić information content (AvgIpc) is 2.99. The van der Waals surface area contributed by atoms with Crippen molar-refractivity contribution in [2.24, 2.45) is 7.05 Å². The molecule has 0 aliphatic heterocycles. The Morgan fingerprint density at radius 2 is 2.08 bits per heavy atom. The molecular formula is C17H18FN3O5. The number of amides is 1. The number of halogens is 1. The number of likely N-dealkylation sites (N-methyl/N-ethyl adjacent to an activating group) is 1. The van der Waals surface area contributed by atoms with Gasteiger partial charge in [-0.2, -0.15) is 0 Å². The molecule has 8 nitrogen and oxygen atoms in total. The van der Waals surface area contributed by atoms with E-state index in [-0.39, 0.29) is 17.9 Å². The molecule has 0 bridgehead atoms. The van der Waals surface area contributed by atoms with Crippen LogP contribution in [0.1, 0.15) is 23.0 Å². The molecule has 0 fully saturated rings. The van der Waals surface area contributed by atoms with E-state index in [1.165, 1.54) is 34.8 Å². The second-order valence-electron chi connectivity index (χ2n) is 5.57. The van der Waals surface area contributed by atoms with Crippen molar-refractivity contribution in [1.29, 1.82) is 0 Å². The lowest BCUT2D eigenvalue weighted by Gasteiger charge is -2.21. The number of esters is 1. The Kier molecular flexibility index (Phi) is 6.05. The summed E-state index contributed by atoms with van der Waals surface area (Å²) in [6.45, 7) is 1.77. The van der Waals surface area contributed by atoms with Crippen molar-refractivity contribution < 1.29 is 23.6 Å². The number of nitrogens with zero attached hydrogens (tertiary/aromatic N) is 3. The first-order valence-electron chi connectivity index (χ1n) is 7.82. The molecule has 0 radical (unpaired) electrons. The van der Waals surface area contributed by atoms with Crippen LogP contribution in [-0.4, -0.2) is 39.4 Å². The summed E-state index contributed by atoms with van der Waals surface area (Å²) < 4.78 is 19.5. The molecule has 0 aliphatic carbocycles. The molecule has 0 spiro atoms. The molecule has 1 aromatic heterocycles. The van der Waals surface area contributed by atoms with Gasteiger partial charge in [0, 0.05) is 26.2 Å². The van der Waals surface area contributed by atoms with Gasteiger partial charge in [-0.1, -0.05) is 12.1 Å². The van der Waals surface area contributed by atoms with E-state index in [9.17, 15) is 24.1 Å². The van der Waals surface area contributed by atoms with Gasteiger partial charge < -0.3 is 14.2 Å². The molecule has 138 valence electrons. The van der Waals surface area contributed by atoms with Gasteiger partial charge >= 0.3 is 5.97 Å². The predicted molar refractivity (Wildman–Crippen MR) is 89.8 cm³/mol. The van der Waals surface area contributed by atoms with Crippen molar-refractivity contribution in [3.05, 3.63) is 63.7 Å². The number of nitro groups is 1. The summed E-state index contributed by atoms with van der Waals surface area (Å²) in [6.07, 6.45) is 1.18. The minimum atomic E-state index is -0.837. The zero-order chi connectivity index (χ0) is 19.3. The number of rotatable bonds is 7. The van der Waals surface area contributed by atoms with Crippen LogP contribution in [0.25, 0.3) is 0 Å². The van der Waals surface area contributed by atoms with Crippen LogP contribution >= 0.6 is 0 Å². The van der Waals surface area contributed by atoms with Crippen LogP contribution < -0.4 is 0 Å². The van der Waals surface area contributed by atoms with Gasteiger partial charge in [-0.25, -0.2) is 9.18 Å². The largest absolute Gasteiger partial charge is 0.451 e. The number of aromatic nitrogens is 1. The van der Waals surface area contributed by atoms with Gasteiger partial charge in [0.25, 0.3) is 11.6 Å². The van der Waals surface area contributed by atoms with Crippen LogP contribution in [0, 0.1) is 15.9 Å². The number of ether oxygens (including phenoxy) is 1. The Hall–Kier alpha value is -3.23. The molecule has 26 heavy (non-hydrogen) atoms. The number of hydrogen-bond acceptors (Lipinski definition) is 5. The number of hydrogen-bond donors (Lipinski definition) is 0. The van der Waals surface area contributed by atoms with E-state index in [1.807, 2.05) is 0 Å². The van der Waals surface area contributed by atoms with Crippen LogP contribution in [0.5, 0.6) is 0 Å². The average molecular weight is 363 g/mol. The zero-order valence-electron chi connectivity index (χ0n) is 14.3. The molecule has 2 aromatic rings. The van der Waals surface area contributed by atoms with Crippen molar-refractivity contribution in [1.82, 2.24) is 9.47 Å². The molecule has 0 unspecified atom stereocenters. The molecular weight excluding hydrogens is 345 g/mol. The third-order valence-electron chi connectivity index (χ3n) is 3.73. The van der Waals surface area contributed by atoms with Crippen LogP contribution in [-0.2, 0) is 23.1 Å². The van der Waals surface area contributed by atoms with Gasteiger partial charge in [0.1, 0.15) is 11.5 Å². The minimum Gasteiger partial charge on any atom is -0.451 e. The van der Waals surface area contributed by atoms with Gasteiger partial charge in [-0.3, -0.25) is 14.9 Å². The maximum absolute atomic E-state index is 13.2. The lowest BCUT2D eigenvalue weighted by Crippen LogP contribution is -2.34. The van der Waals surface area contributed by atoms with Crippen LogP contribution in [0.2, 0.25) is 0 Å². The van der Waals surface area contributed by atoms with E-state index in [2.05, 4.69) is 0 Å². The summed E-state index contributed by atoms with van der Waals surface area (Å²) >= 11 is 0. The highest BCUT2D eigenvalue weighted by Gasteiger charge is 2.21. The number of benzene rings is 1. The predicted octanol–water partition coefficient (Wildman–Crippen LogP) is 2.28. The second kappa shape index (κ2) is 8.24. The Balaban J connectivity index is 1.97. The van der Waals surface area contributed by atoms with Crippen LogP contribution in [0.15, 0.2) is 36.5 Å². The van der Waals surface area contributed by atoms with Gasteiger partial charge in [-0.15, -0.1) is 0 Å². The molecule has 0 aliphatic rings. The number of aryl methyl sites for hydroxylation is 1. The minimum absolute atomic E-state index is 0.0299. The second-order valence-corrected chi connectivity index (χ2v) is 5.57. The smallest absolute Gasteiger partial charge is 0.355 e. The summed E-state index contributed by atoms with van der Waals surface area (Å²) in [7, 11) is 1.47. The molecule has 0 N–H and O–H groups in total. The maximum Gasteiger partial charge on any atom is 0.355 e. The fourth-order valence-electron chi connectivity index (χ4n) is 2.37. The Bertz CT molecular complexity index is 834. The number of carbonyl (C=O) groups is 2. The maximum atomic E-state index is 13.2. The van der Waals surface area contributed by atoms with Crippen molar-refractivity contribution >= 4 is 17.6 Å². The molecule has 0 atom stereocenters. The highest BCUT2D eigenvalue weighted by Crippen LogP contribution is 2.16. The molecule has 2 rings (SSSR count). The van der Waals surface area contributed by atoms with Crippen molar-refractivity contribution in [3.63, 3.8) is 0 Å². The molecule has 1 aromatic carbocycles. The Labute approximate surface area is 148 Å². The number of carbonyl (C=O) groups excluding carboxylic acids is 2. The van der Waals surface area contributed by atoms with E-state index in [4.69, 9.17) is 4.74 Å². The fraction of sp³-hybridized carbons (Fsp3) is 0.294. The van der Waals surface area contributed by atoms with Crippen molar-refractivity contribution in [2.45, 2.75) is 13.5 Å². The molecule has 9 heteroatoms. The van der Waals surface area contributed by atoms with Crippen molar-refractivity contribution in [2.75, 3.05) is 13.2 Å². The Morgan fingerprint density at radius 1 is 1.35 bits per heavy atom. The van der Waals surface area contributed by atoms with Gasteiger partial charge in [0.05, 0.1) is 11.1 Å². The fourth-order valence-corrected chi connectivity index (χ4v) is 2.37. The quantitative estimate of drug-likeness (QED) is 0.427. The van der Waals surface area contributed by atoms with Gasteiger partial charge in [0.2, 0.25) is 0 Å². The van der Waals surface area contributed by atoms with Gasteiger partial charge in [0.15, 0.2) is 6.61 Å². The third kappa shape index (κ3) is 4.65. The van der Waals surface area contributed by atoms with Crippen molar-refractivity contribution in [3.8, 4) is 0 Å². The summed E-state index contributed by atoms with van der Waals surface area (Å²) in [5.41, 5.74) is 0.342. The monoisotopic (exact) mass is 363 g/mol. The van der Waals surface area contributed by atoms with E-state index < -0.39 is 29.2 Å². The van der Waals surface area contributed by atoms with E-state index in [1.54, 1.807) is 19.1 Å². The summed E-state index contributed by atoms with van der Waals surface area (Å²) in [6, 6.07) is 6.95. The highest BCUT2D eigenvalue weighted by atomic mass is 19.1. The zero-order valence-corrected chi connectivity index (χ0v) is 14.3. The third-order valence-corrected chi connectivity index (χ3v) is 3.73. The molecule has 1 heterocycles. The lowest BCUT2D eigenvalue weighted by molar-refractivity contribution is -0.384. The molecule has 0 saturated carbocycles. The first kappa shape index (κ1) is 19.1. The molecule has 1 amide bonds. The van der Waals surface area contributed by atoms with Crippen LogP contribution in [0.4, 0.5) is 10.1 Å². The summed E-state index contributed by atoms with van der Waals surface area (Å²) in [5, 5.41) is 10.7. The lowest BCUT2D eigenvalue weighted by atomic mass is 10.2. The summed E-state index contributed by atoms with van der Waals surface area (Å²) in [5.74, 6) is -1.69. The molecule has 0 saturated heterocycles. The van der Waals surface area contributed by atoms with Gasteiger partial charge in [-0.05, 0) is 24.6 Å². The highest BCUT2D eigenvalue weighted by molar-refractivity contribution is 5.90. The van der Waals surface area contributed by atoms with E-state index in [0.29, 0.717) is 12.1 Å². The first-order chi connectivity index (χ1) is 12.3. The topological polar surface area (TPSA) is 94.7 Å².